The van der Waals surface area contributed by atoms with Crippen molar-refractivity contribution in [3.63, 3.8) is 0 Å². The average Bonchev–Trinajstić information content (AvgIpc) is 3.20. The minimum Gasteiger partial charge on any atom is -0.491 e. The van der Waals surface area contributed by atoms with Gasteiger partial charge in [0.2, 0.25) is 5.92 Å². The molecule has 34 heavy (non-hydrogen) atoms. The van der Waals surface area contributed by atoms with Crippen molar-refractivity contribution in [2.75, 3.05) is 0 Å². The average molecular weight is 465 g/mol. The number of aromatic nitrogens is 4. The van der Waals surface area contributed by atoms with Crippen LogP contribution in [0.3, 0.4) is 0 Å². The van der Waals surface area contributed by atoms with Crippen molar-refractivity contribution in [1.29, 1.82) is 0 Å². The molecule has 0 saturated carbocycles. The van der Waals surface area contributed by atoms with Crippen LogP contribution in [-0.2, 0) is 11.2 Å². The van der Waals surface area contributed by atoms with Crippen LogP contribution < -0.4 is 4.74 Å². The maximum absolute atomic E-state index is 13.2. The molecule has 6 nitrogen and oxygen atoms in total. The summed E-state index contributed by atoms with van der Waals surface area (Å²) in [5.41, 5.74) is 3.91. The summed E-state index contributed by atoms with van der Waals surface area (Å²) in [6.07, 6.45) is 6.40. The Morgan fingerprint density at radius 1 is 1.09 bits per heavy atom. The fraction of sp³-hybridized carbons (Fsp3) is 0.308. The number of pyridine rings is 1. The number of rotatable bonds is 9. The highest BCUT2D eigenvalue weighted by atomic mass is 19.3. The number of nitrogens with zero attached hydrogens (tertiary/aromatic N) is 4. The van der Waals surface area contributed by atoms with Crippen molar-refractivity contribution < 1.29 is 18.3 Å². The molecular formula is C26H26F2N4O2. The number of benzene rings is 1. The van der Waals surface area contributed by atoms with E-state index in [2.05, 4.69) is 15.0 Å². The summed E-state index contributed by atoms with van der Waals surface area (Å²) >= 11 is 0. The van der Waals surface area contributed by atoms with E-state index >= 15 is 0 Å². The molecule has 0 aliphatic rings. The quantitative estimate of drug-likeness (QED) is 0.313. The van der Waals surface area contributed by atoms with Crippen LogP contribution >= 0.6 is 0 Å². The van der Waals surface area contributed by atoms with Crippen molar-refractivity contribution >= 4 is 11.4 Å². The van der Waals surface area contributed by atoms with Crippen LogP contribution in [0.1, 0.15) is 39.2 Å². The van der Waals surface area contributed by atoms with Crippen molar-refractivity contribution in [3.8, 4) is 28.4 Å². The third kappa shape index (κ3) is 5.81. The highest BCUT2D eigenvalue weighted by Gasteiger charge is 2.22. The Balaban J connectivity index is 1.67. The summed E-state index contributed by atoms with van der Waals surface area (Å²) in [5.74, 6) is -1.87. The minimum absolute atomic E-state index is 0.0601. The first-order valence-electron chi connectivity index (χ1n) is 11.1. The first-order chi connectivity index (χ1) is 16.2. The van der Waals surface area contributed by atoms with Gasteiger partial charge in [-0.25, -0.2) is 23.7 Å². The number of carbonyl (C=O) groups is 1. The number of hydrogen-bond donors (Lipinski definition) is 0. The topological polar surface area (TPSA) is 69.4 Å². The number of ketones is 1. The predicted molar refractivity (Wildman–Crippen MR) is 126 cm³/mol. The van der Waals surface area contributed by atoms with Crippen molar-refractivity contribution in [1.82, 2.24) is 19.4 Å². The monoisotopic (exact) mass is 464 g/mol. The summed E-state index contributed by atoms with van der Waals surface area (Å²) in [6.45, 7) is 4.67. The van der Waals surface area contributed by atoms with Crippen LogP contribution in [0.4, 0.5) is 8.78 Å². The normalized spacial score (nSPS) is 11.8. The lowest BCUT2D eigenvalue weighted by atomic mass is 10.0. The molecule has 3 aromatic heterocycles. The lowest BCUT2D eigenvalue weighted by Crippen LogP contribution is -2.13. The Kier molecular flexibility index (Phi) is 6.68. The van der Waals surface area contributed by atoms with Gasteiger partial charge in [-0.05, 0) is 62.7 Å². The van der Waals surface area contributed by atoms with E-state index < -0.39 is 12.3 Å². The molecule has 0 N–H and O–H groups in total. The van der Waals surface area contributed by atoms with E-state index in [-0.39, 0.29) is 24.7 Å². The van der Waals surface area contributed by atoms with Gasteiger partial charge in [0.05, 0.1) is 18.0 Å². The molecule has 4 rings (SSSR count). The Bertz CT molecular complexity index is 1300. The molecule has 0 unspecified atom stereocenters. The van der Waals surface area contributed by atoms with Gasteiger partial charge in [-0.15, -0.1) is 0 Å². The zero-order chi connectivity index (χ0) is 24.3. The van der Waals surface area contributed by atoms with Crippen molar-refractivity contribution in [3.05, 3.63) is 66.7 Å². The summed E-state index contributed by atoms with van der Waals surface area (Å²) < 4.78 is 34.2. The van der Waals surface area contributed by atoms with E-state index in [9.17, 15) is 13.6 Å². The highest BCUT2D eigenvalue weighted by Crippen LogP contribution is 2.29. The standard InChI is InChI=1S/C26H26F2N4O2/c1-17(2)34-22-13-18(12-21(33)5-7-26(3,27)28)11-20(14-22)23-16-31-24-15-19(6-10-32(23)24)25-29-8-4-9-30-25/h4,6,8-11,13-17H,5,7,12H2,1-3H3. The Hall–Kier alpha value is -3.68. The lowest BCUT2D eigenvalue weighted by molar-refractivity contribution is -0.120. The molecule has 176 valence electrons. The van der Waals surface area contributed by atoms with Gasteiger partial charge in [-0.3, -0.25) is 9.20 Å². The van der Waals surface area contributed by atoms with Crippen molar-refractivity contribution in [2.24, 2.45) is 0 Å². The number of hydrogen-bond acceptors (Lipinski definition) is 5. The highest BCUT2D eigenvalue weighted by molar-refractivity contribution is 5.81. The molecule has 0 aliphatic heterocycles. The molecule has 0 spiro atoms. The zero-order valence-electron chi connectivity index (χ0n) is 19.3. The van der Waals surface area contributed by atoms with E-state index in [1.165, 1.54) is 0 Å². The fourth-order valence-electron chi connectivity index (χ4n) is 3.71. The second-order valence-electron chi connectivity index (χ2n) is 8.68. The van der Waals surface area contributed by atoms with E-state index in [1.807, 2.05) is 48.7 Å². The SMILES string of the molecule is CC(C)Oc1cc(CC(=O)CCC(C)(F)F)cc(-c2cnc3cc(-c4ncccn4)ccn23)c1. The maximum Gasteiger partial charge on any atom is 0.245 e. The van der Waals surface area contributed by atoms with Gasteiger partial charge in [0.25, 0.3) is 0 Å². The van der Waals surface area contributed by atoms with Gasteiger partial charge in [0.15, 0.2) is 5.82 Å². The van der Waals surface area contributed by atoms with Crippen LogP contribution in [0.5, 0.6) is 5.75 Å². The Labute approximate surface area is 196 Å². The minimum atomic E-state index is -2.86. The number of carbonyl (C=O) groups excluding carboxylic acids is 1. The summed E-state index contributed by atoms with van der Waals surface area (Å²) in [6, 6.07) is 11.1. The van der Waals surface area contributed by atoms with E-state index in [0.29, 0.717) is 17.1 Å². The van der Waals surface area contributed by atoms with Gasteiger partial charge in [0.1, 0.15) is 17.2 Å². The molecule has 3 heterocycles. The van der Waals surface area contributed by atoms with Crippen molar-refractivity contribution in [2.45, 2.75) is 52.1 Å². The van der Waals surface area contributed by atoms with Gasteiger partial charge in [-0.1, -0.05) is 0 Å². The lowest BCUT2D eigenvalue weighted by Gasteiger charge is -2.14. The molecular weight excluding hydrogens is 438 g/mol. The zero-order valence-corrected chi connectivity index (χ0v) is 19.3. The molecule has 8 heteroatoms. The number of ether oxygens (including phenoxy) is 1. The number of Topliss-reactive ketones (excluding diaryl/α,β-unsaturated/α-hetero) is 1. The smallest absolute Gasteiger partial charge is 0.245 e. The fourth-order valence-corrected chi connectivity index (χ4v) is 3.71. The Morgan fingerprint density at radius 3 is 2.56 bits per heavy atom. The summed E-state index contributed by atoms with van der Waals surface area (Å²) in [5, 5.41) is 0. The number of fused-ring (bicyclic) bond motifs is 1. The molecule has 4 aromatic rings. The number of alkyl halides is 2. The maximum atomic E-state index is 13.2. The number of imidazole rings is 1. The van der Waals surface area contributed by atoms with E-state index in [1.54, 1.807) is 30.7 Å². The molecule has 0 bridgehead atoms. The third-order valence-electron chi connectivity index (χ3n) is 5.22. The second kappa shape index (κ2) is 9.67. The first kappa shape index (κ1) is 23.5. The number of halogens is 2. The van der Waals surface area contributed by atoms with E-state index in [0.717, 1.165) is 29.4 Å². The van der Waals surface area contributed by atoms with Crippen LogP contribution in [0.15, 0.2) is 61.2 Å². The molecule has 0 radical (unpaired) electrons. The molecule has 0 atom stereocenters. The molecule has 0 fully saturated rings. The molecule has 0 aliphatic carbocycles. The predicted octanol–water partition coefficient (Wildman–Crippen LogP) is 5.79. The largest absolute Gasteiger partial charge is 0.491 e. The molecule has 0 amide bonds. The molecule has 1 aromatic carbocycles. The van der Waals surface area contributed by atoms with Gasteiger partial charge < -0.3 is 4.74 Å². The van der Waals surface area contributed by atoms with Crippen LogP contribution in [0, 0.1) is 0 Å². The summed E-state index contributed by atoms with van der Waals surface area (Å²) in [7, 11) is 0. The molecule has 0 saturated heterocycles. The van der Waals surface area contributed by atoms with Gasteiger partial charge in [0, 0.05) is 49.0 Å². The van der Waals surface area contributed by atoms with Gasteiger partial charge in [-0.2, -0.15) is 0 Å². The van der Waals surface area contributed by atoms with Crippen LogP contribution in [0.2, 0.25) is 0 Å². The third-order valence-corrected chi connectivity index (χ3v) is 5.22. The van der Waals surface area contributed by atoms with Crippen LogP contribution in [-0.4, -0.2) is 37.2 Å². The summed E-state index contributed by atoms with van der Waals surface area (Å²) in [4.78, 5) is 25.5. The van der Waals surface area contributed by atoms with E-state index in [4.69, 9.17) is 4.74 Å². The Morgan fingerprint density at radius 2 is 1.85 bits per heavy atom. The van der Waals surface area contributed by atoms with Crippen LogP contribution in [0.25, 0.3) is 28.3 Å². The van der Waals surface area contributed by atoms with Gasteiger partial charge >= 0.3 is 0 Å². The first-order valence-corrected chi connectivity index (χ1v) is 11.1. The second-order valence-corrected chi connectivity index (χ2v) is 8.68.